The summed E-state index contributed by atoms with van der Waals surface area (Å²) in [6, 6.07) is 14.5. The fraction of sp³-hybridized carbons (Fsp3) is 0.350. The zero-order chi connectivity index (χ0) is 16.7. The topological polar surface area (TPSA) is 44.4 Å². The van der Waals surface area contributed by atoms with Gasteiger partial charge in [-0.25, -0.2) is 0 Å². The second-order valence-electron chi connectivity index (χ2n) is 7.10. The van der Waals surface area contributed by atoms with Crippen LogP contribution in [0.2, 0.25) is 0 Å². The molecule has 24 heavy (non-hydrogen) atoms. The minimum Gasteiger partial charge on any atom is -0.355 e. The van der Waals surface area contributed by atoms with Crippen LogP contribution >= 0.6 is 0 Å². The van der Waals surface area contributed by atoms with E-state index in [0.717, 1.165) is 43.1 Å². The number of hydrogen-bond acceptors (Lipinski definition) is 3. The Morgan fingerprint density at radius 2 is 1.71 bits per heavy atom. The van der Waals surface area contributed by atoms with Gasteiger partial charge in [-0.05, 0) is 35.4 Å². The average Bonchev–Trinajstić information content (AvgIpc) is 2.62. The van der Waals surface area contributed by atoms with E-state index in [1.54, 1.807) is 0 Å². The maximum Gasteiger partial charge on any atom is 0.253 e. The molecule has 0 unspecified atom stereocenters. The van der Waals surface area contributed by atoms with Crippen molar-refractivity contribution in [3.63, 3.8) is 0 Å². The Morgan fingerprint density at radius 1 is 1.00 bits per heavy atom. The van der Waals surface area contributed by atoms with Crippen LogP contribution in [0.4, 0.5) is 11.4 Å². The van der Waals surface area contributed by atoms with Gasteiger partial charge in [0.1, 0.15) is 0 Å². The predicted octanol–water partition coefficient (Wildman–Crippen LogP) is 3.11. The molecular weight excluding hydrogens is 298 g/mol. The Bertz CT molecular complexity index is 791. The minimum atomic E-state index is -0.128. The molecule has 0 aliphatic carbocycles. The summed E-state index contributed by atoms with van der Waals surface area (Å²) < 4.78 is 0. The molecular formula is C20H23N3O. The summed E-state index contributed by atoms with van der Waals surface area (Å²) in [5, 5.41) is 6.80. The van der Waals surface area contributed by atoms with E-state index < -0.39 is 0 Å². The number of rotatable bonds is 1. The monoisotopic (exact) mass is 321 g/mol. The number of anilines is 2. The Hall–Kier alpha value is -2.33. The number of amides is 1. The highest BCUT2D eigenvalue weighted by Crippen LogP contribution is 2.45. The first-order valence-electron chi connectivity index (χ1n) is 8.58. The van der Waals surface area contributed by atoms with Crippen molar-refractivity contribution in [2.45, 2.75) is 19.3 Å². The summed E-state index contributed by atoms with van der Waals surface area (Å²) in [7, 11) is 0. The fourth-order valence-electron chi connectivity index (χ4n) is 3.78. The third-order valence-electron chi connectivity index (χ3n) is 5.21. The number of para-hydroxylation sites is 1. The van der Waals surface area contributed by atoms with Crippen molar-refractivity contribution in [2.24, 2.45) is 0 Å². The molecule has 2 N–H and O–H groups in total. The summed E-state index contributed by atoms with van der Waals surface area (Å²) >= 11 is 0. The lowest BCUT2D eigenvalue weighted by atomic mass is 9.74. The maximum absolute atomic E-state index is 12.8. The highest BCUT2D eigenvalue weighted by Gasteiger charge is 2.33. The largest absolute Gasteiger partial charge is 0.355 e. The summed E-state index contributed by atoms with van der Waals surface area (Å²) in [4.78, 5) is 14.8. The summed E-state index contributed by atoms with van der Waals surface area (Å²) in [6.45, 7) is 7.75. The molecule has 0 bridgehead atoms. The fourth-order valence-corrected chi connectivity index (χ4v) is 3.78. The number of nitrogens with one attached hydrogen (secondary N) is 2. The molecule has 1 saturated heterocycles. The molecule has 2 aromatic carbocycles. The van der Waals surface area contributed by atoms with E-state index in [0.29, 0.717) is 0 Å². The SMILES string of the molecule is CC1(C)c2ccccc2Nc2ccc(C(=O)N3CCNCC3)cc21. The highest BCUT2D eigenvalue weighted by atomic mass is 16.2. The van der Waals surface area contributed by atoms with E-state index in [9.17, 15) is 4.79 Å². The molecule has 0 atom stereocenters. The Kier molecular flexibility index (Phi) is 3.57. The maximum atomic E-state index is 12.8. The van der Waals surface area contributed by atoms with Gasteiger partial charge in [-0.3, -0.25) is 4.79 Å². The van der Waals surface area contributed by atoms with Crippen LogP contribution in [0.1, 0.15) is 35.3 Å². The van der Waals surface area contributed by atoms with E-state index in [-0.39, 0.29) is 11.3 Å². The molecule has 0 radical (unpaired) electrons. The van der Waals surface area contributed by atoms with Crippen LogP contribution in [-0.4, -0.2) is 37.0 Å². The van der Waals surface area contributed by atoms with Crippen molar-refractivity contribution >= 4 is 17.3 Å². The van der Waals surface area contributed by atoms with E-state index in [1.807, 2.05) is 17.0 Å². The van der Waals surface area contributed by atoms with Crippen LogP contribution in [0.15, 0.2) is 42.5 Å². The Balaban J connectivity index is 1.72. The molecule has 4 heteroatoms. The van der Waals surface area contributed by atoms with Crippen LogP contribution in [0.25, 0.3) is 0 Å². The van der Waals surface area contributed by atoms with Crippen LogP contribution in [0.3, 0.4) is 0 Å². The van der Waals surface area contributed by atoms with Crippen molar-refractivity contribution in [1.29, 1.82) is 0 Å². The van der Waals surface area contributed by atoms with Gasteiger partial charge in [-0.2, -0.15) is 0 Å². The van der Waals surface area contributed by atoms with E-state index in [4.69, 9.17) is 0 Å². The second kappa shape index (κ2) is 5.64. The standard InChI is InChI=1S/C20H23N3O/c1-20(2)15-5-3-4-6-17(15)22-18-8-7-14(13-16(18)20)19(24)23-11-9-21-10-12-23/h3-8,13,21-22H,9-12H2,1-2H3. The van der Waals surface area contributed by atoms with E-state index >= 15 is 0 Å². The van der Waals surface area contributed by atoms with Gasteiger partial charge in [0.05, 0.1) is 0 Å². The van der Waals surface area contributed by atoms with Gasteiger partial charge in [0.2, 0.25) is 0 Å². The van der Waals surface area contributed by atoms with Gasteiger partial charge in [-0.15, -0.1) is 0 Å². The molecule has 2 aliphatic heterocycles. The number of nitrogens with zero attached hydrogens (tertiary/aromatic N) is 1. The predicted molar refractivity (Wildman–Crippen MR) is 97.1 cm³/mol. The molecule has 0 saturated carbocycles. The van der Waals surface area contributed by atoms with Gasteiger partial charge in [0.25, 0.3) is 5.91 Å². The van der Waals surface area contributed by atoms with Crippen LogP contribution in [0.5, 0.6) is 0 Å². The smallest absolute Gasteiger partial charge is 0.253 e. The molecule has 124 valence electrons. The summed E-state index contributed by atoms with van der Waals surface area (Å²) in [5.41, 5.74) is 5.35. The zero-order valence-electron chi connectivity index (χ0n) is 14.2. The normalized spacial score (nSPS) is 18.3. The van der Waals surface area contributed by atoms with Gasteiger partial charge in [0, 0.05) is 48.5 Å². The molecule has 4 nitrogen and oxygen atoms in total. The molecule has 4 rings (SSSR count). The Labute approximate surface area is 142 Å². The molecule has 2 aliphatic rings. The van der Waals surface area contributed by atoms with Crippen LogP contribution < -0.4 is 10.6 Å². The summed E-state index contributed by atoms with van der Waals surface area (Å²) in [5.74, 6) is 0.133. The van der Waals surface area contributed by atoms with Gasteiger partial charge >= 0.3 is 0 Å². The number of carbonyl (C=O) groups excluding carboxylic acids is 1. The van der Waals surface area contributed by atoms with Crippen molar-refractivity contribution in [3.05, 3.63) is 59.2 Å². The molecule has 0 spiro atoms. The molecule has 2 heterocycles. The second-order valence-corrected chi connectivity index (χ2v) is 7.10. The Morgan fingerprint density at radius 3 is 2.50 bits per heavy atom. The van der Waals surface area contributed by atoms with Gasteiger partial charge in [0.15, 0.2) is 0 Å². The lowest BCUT2D eigenvalue weighted by Gasteiger charge is -2.36. The molecule has 1 fully saturated rings. The summed E-state index contributed by atoms with van der Waals surface area (Å²) in [6.07, 6.45) is 0. The number of benzene rings is 2. The van der Waals surface area contributed by atoms with Gasteiger partial charge in [-0.1, -0.05) is 32.0 Å². The molecule has 1 amide bonds. The van der Waals surface area contributed by atoms with Crippen molar-refractivity contribution in [1.82, 2.24) is 10.2 Å². The number of hydrogen-bond donors (Lipinski definition) is 2. The number of fused-ring (bicyclic) bond motifs is 2. The molecule has 2 aromatic rings. The van der Waals surface area contributed by atoms with Crippen molar-refractivity contribution in [2.75, 3.05) is 31.5 Å². The van der Waals surface area contributed by atoms with Crippen molar-refractivity contribution < 1.29 is 4.79 Å². The quantitative estimate of drug-likeness (QED) is 0.848. The minimum absolute atomic E-state index is 0.128. The van der Waals surface area contributed by atoms with Crippen molar-refractivity contribution in [3.8, 4) is 0 Å². The first-order chi connectivity index (χ1) is 11.6. The molecule has 0 aromatic heterocycles. The van der Waals surface area contributed by atoms with E-state index in [1.165, 1.54) is 11.1 Å². The highest BCUT2D eigenvalue weighted by molar-refractivity contribution is 5.95. The van der Waals surface area contributed by atoms with Gasteiger partial charge < -0.3 is 15.5 Å². The number of carbonyl (C=O) groups is 1. The first-order valence-corrected chi connectivity index (χ1v) is 8.58. The average molecular weight is 321 g/mol. The van der Waals surface area contributed by atoms with Crippen LogP contribution in [-0.2, 0) is 5.41 Å². The number of piperazine rings is 1. The third-order valence-corrected chi connectivity index (χ3v) is 5.21. The third kappa shape index (κ3) is 2.38. The first kappa shape index (κ1) is 15.2. The lowest BCUT2D eigenvalue weighted by molar-refractivity contribution is 0.0735. The van der Waals surface area contributed by atoms with Crippen LogP contribution in [0, 0.1) is 0 Å². The lowest BCUT2D eigenvalue weighted by Crippen LogP contribution is -2.46. The van der Waals surface area contributed by atoms with E-state index in [2.05, 4.69) is 54.8 Å². The zero-order valence-corrected chi connectivity index (χ0v) is 14.2.